The Hall–Kier alpha value is -1.62. The van der Waals surface area contributed by atoms with Crippen molar-refractivity contribution in [1.82, 2.24) is 5.32 Å². The van der Waals surface area contributed by atoms with Crippen LogP contribution >= 0.6 is 11.6 Å². The van der Waals surface area contributed by atoms with E-state index in [9.17, 15) is 14.0 Å². The molecule has 1 aromatic rings. The van der Waals surface area contributed by atoms with Crippen LogP contribution in [0.2, 0.25) is 5.02 Å². The maximum absolute atomic E-state index is 13.1. The zero-order chi connectivity index (χ0) is 11.4. The molecule has 0 bridgehead atoms. The third-order valence-corrected chi connectivity index (χ3v) is 1.81. The number of carboxylic acid groups (broad SMARTS) is 1. The van der Waals surface area contributed by atoms with Crippen LogP contribution in [0.15, 0.2) is 18.2 Å². The van der Waals surface area contributed by atoms with Gasteiger partial charge in [-0.25, -0.2) is 4.39 Å². The summed E-state index contributed by atoms with van der Waals surface area (Å²) in [6, 6.07) is 3.52. The summed E-state index contributed by atoms with van der Waals surface area (Å²) in [5.41, 5.74) is -0.236. The number of carbonyl (C=O) groups excluding carboxylic acids is 1. The van der Waals surface area contributed by atoms with Crippen molar-refractivity contribution in [2.24, 2.45) is 0 Å². The average molecular weight is 232 g/mol. The minimum absolute atomic E-state index is 0.169. The van der Waals surface area contributed by atoms with Crippen LogP contribution in [0.4, 0.5) is 4.39 Å². The quantitative estimate of drug-likeness (QED) is 0.824. The molecule has 80 valence electrons. The third kappa shape index (κ3) is 3.21. The summed E-state index contributed by atoms with van der Waals surface area (Å²) in [5.74, 6) is -2.77. The monoisotopic (exact) mass is 231 g/mol. The number of nitrogens with one attached hydrogen (secondary N) is 1. The maximum atomic E-state index is 13.1. The topological polar surface area (TPSA) is 66.4 Å². The maximum Gasteiger partial charge on any atom is 0.322 e. The van der Waals surface area contributed by atoms with Crippen LogP contribution in [0.1, 0.15) is 10.4 Å². The van der Waals surface area contributed by atoms with Gasteiger partial charge in [0.15, 0.2) is 0 Å². The largest absolute Gasteiger partial charge is 0.480 e. The van der Waals surface area contributed by atoms with E-state index < -0.39 is 24.2 Å². The Kier molecular flexibility index (Phi) is 3.62. The second kappa shape index (κ2) is 4.75. The standard InChI is InChI=1S/C9H7ClFNO3/c10-5-1-2-6(7(11)3-5)9(15)12-4-8(13)14/h1-3H,4H2,(H,12,15)(H,13,14). The van der Waals surface area contributed by atoms with Gasteiger partial charge in [0, 0.05) is 5.02 Å². The first-order valence-electron chi connectivity index (χ1n) is 3.95. The molecule has 1 aromatic carbocycles. The molecule has 0 aliphatic heterocycles. The van der Waals surface area contributed by atoms with Crippen molar-refractivity contribution >= 4 is 23.5 Å². The van der Waals surface area contributed by atoms with Gasteiger partial charge in [-0.15, -0.1) is 0 Å². The molecule has 4 nitrogen and oxygen atoms in total. The van der Waals surface area contributed by atoms with Crippen molar-refractivity contribution in [1.29, 1.82) is 0 Å². The number of hydrogen-bond acceptors (Lipinski definition) is 2. The molecule has 0 heterocycles. The lowest BCUT2D eigenvalue weighted by Crippen LogP contribution is -2.29. The number of aliphatic carboxylic acids is 1. The number of carboxylic acids is 1. The Morgan fingerprint density at radius 3 is 2.67 bits per heavy atom. The normalized spacial score (nSPS) is 9.73. The summed E-state index contributed by atoms with van der Waals surface area (Å²) >= 11 is 5.48. The molecule has 0 fully saturated rings. The Bertz CT molecular complexity index is 408. The van der Waals surface area contributed by atoms with Crippen LogP contribution in [0.3, 0.4) is 0 Å². The van der Waals surface area contributed by atoms with Crippen molar-refractivity contribution in [3.63, 3.8) is 0 Å². The van der Waals surface area contributed by atoms with Crippen molar-refractivity contribution in [2.45, 2.75) is 0 Å². The lowest BCUT2D eigenvalue weighted by molar-refractivity contribution is -0.135. The van der Waals surface area contributed by atoms with Crippen molar-refractivity contribution < 1.29 is 19.1 Å². The van der Waals surface area contributed by atoms with Gasteiger partial charge in [0.2, 0.25) is 0 Å². The fraction of sp³-hybridized carbons (Fsp3) is 0.111. The summed E-state index contributed by atoms with van der Waals surface area (Å²) in [7, 11) is 0. The average Bonchev–Trinajstić information content (AvgIpc) is 2.14. The molecular formula is C9H7ClFNO3. The molecule has 0 saturated heterocycles. The molecule has 0 saturated carbocycles. The van der Waals surface area contributed by atoms with Gasteiger partial charge >= 0.3 is 5.97 Å². The summed E-state index contributed by atoms with van der Waals surface area (Å²) in [6.45, 7) is -0.555. The molecule has 0 aromatic heterocycles. The molecular weight excluding hydrogens is 225 g/mol. The van der Waals surface area contributed by atoms with Crippen LogP contribution in [-0.2, 0) is 4.79 Å². The molecule has 1 rings (SSSR count). The van der Waals surface area contributed by atoms with Crippen molar-refractivity contribution in [3.8, 4) is 0 Å². The molecule has 0 atom stereocenters. The Balaban J connectivity index is 2.78. The summed E-state index contributed by atoms with van der Waals surface area (Å²) in [6.07, 6.45) is 0. The van der Waals surface area contributed by atoms with Crippen LogP contribution in [0.5, 0.6) is 0 Å². The highest BCUT2D eigenvalue weighted by atomic mass is 35.5. The Morgan fingerprint density at radius 2 is 2.13 bits per heavy atom. The van der Waals surface area contributed by atoms with Crippen LogP contribution in [0, 0.1) is 5.82 Å². The van der Waals surface area contributed by atoms with Crippen molar-refractivity contribution in [2.75, 3.05) is 6.54 Å². The highest BCUT2D eigenvalue weighted by molar-refractivity contribution is 6.30. The minimum atomic E-state index is -1.20. The van der Waals surface area contributed by atoms with Gasteiger partial charge in [-0.1, -0.05) is 11.6 Å². The van der Waals surface area contributed by atoms with Crippen LogP contribution in [-0.4, -0.2) is 23.5 Å². The number of amides is 1. The van der Waals surface area contributed by atoms with Crippen LogP contribution < -0.4 is 5.32 Å². The highest BCUT2D eigenvalue weighted by Crippen LogP contribution is 2.14. The van der Waals surface area contributed by atoms with Gasteiger partial charge in [0.25, 0.3) is 5.91 Å². The Morgan fingerprint density at radius 1 is 1.47 bits per heavy atom. The van der Waals surface area contributed by atoms with Gasteiger partial charge in [0.05, 0.1) is 5.56 Å². The predicted octanol–water partition coefficient (Wildman–Crippen LogP) is 1.29. The van der Waals surface area contributed by atoms with Gasteiger partial charge < -0.3 is 10.4 Å². The van der Waals surface area contributed by atoms with E-state index in [1.165, 1.54) is 12.1 Å². The fourth-order valence-electron chi connectivity index (χ4n) is 0.925. The third-order valence-electron chi connectivity index (χ3n) is 1.58. The second-order valence-electron chi connectivity index (χ2n) is 2.70. The molecule has 0 radical (unpaired) electrons. The molecule has 0 aliphatic carbocycles. The minimum Gasteiger partial charge on any atom is -0.480 e. The van der Waals surface area contributed by atoms with Crippen molar-refractivity contribution in [3.05, 3.63) is 34.6 Å². The zero-order valence-electron chi connectivity index (χ0n) is 7.46. The summed E-state index contributed by atoms with van der Waals surface area (Å²) in [5, 5.41) is 10.5. The number of carbonyl (C=O) groups is 2. The van der Waals surface area contributed by atoms with E-state index in [1.807, 2.05) is 5.32 Å². The SMILES string of the molecule is O=C(O)CNC(=O)c1ccc(Cl)cc1F. The summed E-state index contributed by atoms with van der Waals surface area (Å²) in [4.78, 5) is 21.4. The molecule has 0 unspecified atom stereocenters. The molecule has 1 amide bonds. The van der Waals surface area contributed by atoms with E-state index in [-0.39, 0.29) is 10.6 Å². The number of hydrogen-bond donors (Lipinski definition) is 2. The fourth-order valence-corrected chi connectivity index (χ4v) is 1.08. The first-order chi connectivity index (χ1) is 7.00. The van der Waals surface area contributed by atoms with Gasteiger partial charge in [-0.3, -0.25) is 9.59 Å². The first kappa shape index (κ1) is 11.5. The van der Waals surface area contributed by atoms with Gasteiger partial charge in [-0.2, -0.15) is 0 Å². The molecule has 0 aliphatic rings. The molecule has 6 heteroatoms. The molecule has 15 heavy (non-hydrogen) atoms. The molecule has 0 spiro atoms. The Labute approximate surface area is 89.7 Å². The highest BCUT2D eigenvalue weighted by Gasteiger charge is 2.12. The molecule has 2 N–H and O–H groups in total. The van der Waals surface area contributed by atoms with E-state index in [0.717, 1.165) is 6.07 Å². The van der Waals surface area contributed by atoms with Gasteiger partial charge in [0.1, 0.15) is 12.4 Å². The predicted molar refractivity (Wildman–Crippen MR) is 51.4 cm³/mol. The second-order valence-corrected chi connectivity index (χ2v) is 3.14. The van der Waals surface area contributed by atoms with E-state index in [0.29, 0.717) is 0 Å². The van der Waals surface area contributed by atoms with Gasteiger partial charge in [-0.05, 0) is 18.2 Å². The number of benzene rings is 1. The van der Waals surface area contributed by atoms with E-state index in [4.69, 9.17) is 16.7 Å². The van der Waals surface area contributed by atoms with E-state index >= 15 is 0 Å². The smallest absolute Gasteiger partial charge is 0.322 e. The first-order valence-corrected chi connectivity index (χ1v) is 4.33. The zero-order valence-corrected chi connectivity index (χ0v) is 8.21. The van der Waals surface area contributed by atoms with Crippen LogP contribution in [0.25, 0.3) is 0 Å². The lowest BCUT2D eigenvalue weighted by atomic mass is 10.2. The van der Waals surface area contributed by atoms with E-state index in [1.54, 1.807) is 0 Å². The number of rotatable bonds is 3. The summed E-state index contributed by atoms with van der Waals surface area (Å²) < 4.78 is 13.1. The number of halogens is 2. The lowest BCUT2D eigenvalue weighted by Gasteiger charge is -2.03. The van der Waals surface area contributed by atoms with E-state index in [2.05, 4.69) is 0 Å².